The van der Waals surface area contributed by atoms with Gasteiger partial charge in [0.2, 0.25) is 0 Å². The lowest BCUT2D eigenvalue weighted by Crippen LogP contribution is -2.70. The van der Waals surface area contributed by atoms with E-state index in [0.29, 0.717) is 17.4 Å². The van der Waals surface area contributed by atoms with Crippen molar-refractivity contribution in [2.24, 2.45) is 0 Å². The average Bonchev–Trinajstić information content (AvgIpc) is 3.53. The van der Waals surface area contributed by atoms with Gasteiger partial charge in [-0.2, -0.15) is 0 Å². The lowest BCUT2D eigenvalue weighted by molar-refractivity contribution is -0.153. The Morgan fingerprint density at radius 3 is 2.25 bits per heavy atom. The van der Waals surface area contributed by atoms with Crippen molar-refractivity contribution >= 4 is 49.8 Å². The summed E-state index contributed by atoms with van der Waals surface area (Å²) in [5.41, 5.74) is 1.88. The van der Waals surface area contributed by atoms with Gasteiger partial charge < -0.3 is 19.2 Å². The summed E-state index contributed by atoms with van der Waals surface area (Å²) in [6.45, 7) is 19.5. The second-order valence-electron chi connectivity index (χ2n) is 16.1. The van der Waals surface area contributed by atoms with Gasteiger partial charge in [-0.25, -0.2) is 9.59 Å². The molecule has 3 atom stereocenters. The van der Waals surface area contributed by atoms with Crippen LogP contribution in [0.3, 0.4) is 0 Å². The third-order valence-electron chi connectivity index (χ3n) is 10.1. The van der Waals surface area contributed by atoms with E-state index in [1.165, 1.54) is 23.1 Å². The van der Waals surface area contributed by atoms with Crippen molar-refractivity contribution in [2.75, 3.05) is 31.2 Å². The topological polar surface area (TPSA) is 97.4 Å². The zero-order chi connectivity index (χ0) is 37.7. The molecular weight excluding hydrogens is 711 g/mol. The first-order valence-electron chi connectivity index (χ1n) is 18.2. The van der Waals surface area contributed by atoms with Crippen LogP contribution in [0.5, 0.6) is 0 Å². The molecule has 1 N–H and O–H groups in total. The highest BCUT2D eigenvalue weighted by atomic mass is 32.2. The minimum atomic E-state index is -1.79. The maximum absolute atomic E-state index is 14.3. The van der Waals surface area contributed by atoms with Crippen molar-refractivity contribution in [3.8, 4) is 0 Å². The van der Waals surface area contributed by atoms with Gasteiger partial charge in [0, 0.05) is 30.7 Å². The van der Waals surface area contributed by atoms with Crippen molar-refractivity contribution in [2.45, 2.75) is 102 Å². The SMILES string of the molecule is CC(C)(C)OC(=O)N[C@@H]1C(=O)N2C(C(=O)OC(c3ccccc3)c3ccccc3)=C(C=CSC[C@@H]3CCCN3CCO[Si](C)(C)C(C)(C)C)CS[C@H]12. The number of ether oxygens (including phenoxy) is 2. The molecule has 2 aromatic rings. The number of likely N-dealkylation sites (tertiary alicyclic amines) is 1. The van der Waals surface area contributed by atoms with E-state index in [1.807, 2.05) is 72.1 Å². The Hall–Kier alpha value is -3.03. The van der Waals surface area contributed by atoms with E-state index in [2.05, 4.69) is 44.1 Å². The fourth-order valence-electron chi connectivity index (χ4n) is 6.25. The summed E-state index contributed by atoms with van der Waals surface area (Å²) in [7, 11) is -1.79. The summed E-state index contributed by atoms with van der Waals surface area (Å²) in [6, 6.07) is 18.8. The summed E-state index contributed by atoms with van der Waals surface area (Å²) >= 11 is 3.23. The van der Waals surface area contributed by atoms with E-state index in [-0.39, 0.29) is 16.6 Å². The largest absolute Gasteiger partial charge is 0.448 e. The number of carbonyl (C=O) groups excluding carboxylic acids is 3. The number of hydrogen-bond acceptors (Lipinski definition) is 9. The minimum absolute atomic E-state index is 0.190. The van der Waals surface area contributed by atoms with E-state index in [4.69, 9.17) is 13.9 Å². The second kappa shape index (κ2) is 17.0. The molecule has 282 valence electrons. The summed E-state index contributed by atoms with van der Waals surface area (Å²) in [5.74, 6) is 0.449. The number of hydrogen-bond donors (Lipinski definition) is 1. The number of alkyl carbamates (subject to hydrolysis) is 1. The van der Waals surface area contributed by atoms with Gasteiger partial charge in [-0.3, -0.25) is 14.6 Å². The maximum atomic E-state index is 14.3. The van der Waals surface area contributed by atoms with E-state index in [1.54, 1.807) is 32.5 Å². The lowest BCUT2D eigenvalue weighted by atomic mass is 10.0. The van der Waals surface area contributed by atoms with Crippen molar-refractivity contribution in [1.82, 2.24) is 15.1 Å². The van der Waals surface area contributed by atoms with Gasteiger partial charge in [0.15, 0.2) is 14.4 Å². The molecule has 3 heterocycles. The van der Waals surface area contributed by atoms with Crippen molar-refractivity contribution in [3.63, 3.8) is 0 Å². The van der Waals surface area contributed by atoms with E-state index in [9.17, 15) is 14.4 Å². The number of nitrogens with one attached hydrogen (secondary N) is 1. The van der Waals surface area contributed by atoms with Gasteiger partial charge in [-0.05, 0) is 86.5 Å². The van der Waals surface area contributed by atoms with Crippen LogP contribution in [0.2, 0.25) is 18.1 Å². The molecule has 0 aliphatic carbocycles. The van der Waals surface area contributed by atoms with Gasteiger partial charge in [0.1, 0.15) is 22.7 Å². The highest BCUT2D eigenvalue weighted by Crippen LogP contribution is 2.42. The minimum Gasteiger partial charge on any atom is -0.448 e. The smallest absolute Gasteiger partial charge is 0.408 e. The Morgan fingerprint density at radius 2 is 1.65 bits per heavy atom. The monoisotopic (exact) mass is 765 g/mol. The highest BCUT2D eigenvalue weighted by Gasteiger charge is 2.55. The molecule has 3 aliphatic heterocycles. The number of allylic oxidation sites excluding steroid dienone is 1. The van der Waals surface area contributed by atoms with Crippen LogP contribution < -0.4 is 5.32 Å². The van der Waals surface area contributed by atoms with Crippen molar-refractivity contribution in [1.29, 1.82) is 0 Å². The van der Waals surface area contributed by atoms with Crippen LogP contribution in [0.1, 0.15) is 71.6 Å². The average molecular weight is 766 g/mol. The molecule has 0 aromatic heterocycles. The third kappa shape index (κ3) is 9.93. The number of fused-ring (bicyclic) bond motifs is 1. The maximum Gasteiger partial charge on any atom is 0.408 e. The molecule has 52 heavy (non-hydrogen) atoms. The normalized spacial score (nSPS) is 21.4. The quantitative estimate of drug-likeness (QED) is 0.123. The Morgan fingerprint density at radius 1 is 1.02 bits per heavy atom. The molecular formula is C40H55N3O6S2Si. The van der Waals surface area contributed by atoms with Crippen molar-refractivity contribution in [3.05, 3.63) is 94.5 Å². The van der Waals surface area contributed by atoms with Gasteiger partial charge in [0.25, 0.3) is 5.91 Å². The number of β-lactam (4-membered cyclic amide) rings is 1. The van der Waals surface area contributed by atoms with Gasteiger partial charge in [-0.1, -0.05) is 81.4 Å². The van der Waals surface area contributed by atoms with E-state index in [0.717, 1.165) is 43.0 Å². The Labute approximate surface area is 319 Å². The standard InChI is InChI=1S/C40H55N3O6S2Si/c1-39(2,3)49-38(46)41-32-35(44)43-33(37(45)48-34(28-16-11-9-12-17-28)29-18-13-10-14-19-29)30(26-51-36(32)43)21-25-50-27-31-20-15-22-42(31)23-24-47-52(7,8)40(4,5)6/h9-14,16-19,21,25,31-32,34,36H,15,20,22-24,26-27H2,1-8H3,(H,41,46)/t31-,32+,36+/m0/s1. The zero-order valence-electron chi connectivity index (χ0n) is 31.8. The number of nitrogens with zero attached hydrogens (tertiary/aromatic N) is 2. The molecule has 0 radical (unpaired) electrons. The predicted octanol–water partition coefficient (Wildman–Crippen LogP) is 8.11. The first-order chi connectivity index (χ1) is 24.6. The van der Waals surface area contributed by atoms with Crippen LogP contribution in [0.15, 0.2) is 83.4 Å². The van der Waals surface area contributed by atoms with Gasteiger partial charge in [-0.15, -0.1) is 23.5 Å². The first kappa shape index (κ1) is 40.2. The van der Waals surface area contributed by atoms with Crippen LogP contribution in [0, 0.1) is 0 Å². The number of esters is 1. The number of amides is 2. The molecule has 0 spiro atoms. The fraction of sp³-hybridized carbons (Fsp3) is 0.525. The molecule has 2 saturated heterocycles. The molecule has 2 amide bonds. The number of thioether (sulfide) groups is 2. The van der Waals surface area contributed by atoms with Gasteiger partial charge in [0.05, 0.1) is 0 Å². The predicted molar refractivity (Wildman–Crippen MR) is 213 cm³/mol. The van der Waals surface area contributed by atoms with Crippen LogP contribution in [0.25, 0.3) is 0 Å². The van der Waals surface area contributed by atoms with Crippen LogP contribution in [-0.2, 0) is 23.5 Å². The summed E-state index contributed by atoms with van der Waals surface area (Å²) in [5, 5.41) is 4.50. The molecule has 2 aromatic carbocycles. The highest BCUT2D eigenvalue weighted by molar-refractivity contribution is 8.02. The number of rotatable bonds is 13. The molecule has 0 unspecified atom stereocenters. The Bertz CT molecular complexity index is 1580. The van der Waals surface area contributed by atoms with Gasteiger partial charge >= 0.3 is 12.1 Å². The van der Waals surface area contributed by atoms with E-state index < -0.39 is 43.5 Å². The van der Waals surface area contributed by atoms with Crippen LogP contribution in [0.4, 0.5) is 4.79 Å². The van der Waals surface area contributed by atoms with Crippen LogP contribution in [-0.4, -0.2) is 90.3 Å². The molecule has 3 aliphatic rings. The molecule has 9 nitrogen and oxygen atoms in total. The molecule has 5 rings (SSSR count). The second-order valence-corrected chi connectivity index (χ2v) is 22.9. The zero-order valence-corrected chi connectivity index (χ0v) is 34.5. The Balaban J connectivity index is 1.32. The molecule has 2 fully saturated rings. The summed E-state index contributed by atoms with van der Waals surface area (Å²) in [6.07, 6.45) is 2.94. The molecule has 12 heteroatoms. The lowest BCUT2D eigenvalue weighted by Gasteiger charge is -2.49. The number of carbonyl (C=O) groups is 3. The summed E-state index contributed by atoms with van der Waals surface area (Å²) in [4.78, 5) is 44.6. The van der Waals surface area contributed by atoms with Crippen LogP contribution >= 0.6 is 23.5 Å². The number of benzene rings is 2. The fourth-order valence-corrected chi connectivity index (χ4v) is 9.58. The molecule has 0 saturated carbocycles. The third-order valence-corrected chi connectivity index (χ3v) is 16.8. The first-order valence-corrected chi connectivity index (χ1v) is 23.2. The molecule has 0 bridgehead atoms. The Kier molecular flexibility index (Phi) is 13.1. The van der Waals surface area contributed by atoms with E-state index >= 15 is 0 Å². The van der Waals surface area contributed by atoms with Crippen molar-refractivity contribution < 1.29 is 28.3 Å². The summed E-state index contributed by atoms with van der Waals surface area (Å²) < 4.78 is 18.2.